The molecular weight excluding hydrogens is 523 g/mol. The van der Waals surface area contributed by atoms with Crippen molar-refractivity contribution in [1.29, 1.82) is 0 Å². The van der Waals surface area contributed by atoms with Gasteiger partial charge in [0.2, 0.25) is 0 Å². The zero-order valence-electron chi connectivity index (χ0n) is 18.9. The maximum absolute atomic E-state index is 6.61. The predicted octanol–water partition coefficient (Wildman–Crippen LogP) is 3.42. The summed E-state index contributed by atoms with van der Waals surface area (Å²) in [7, 11) is 2.18. The smallest absolute Gasteiger partial charge is 0.191 e. The van der Waals surface area contributed by atoms with Gasteiger partial charge in [-0.25, -0.2) is 4.99 Å². The van der Waals surface area contributed by atoms with Gasteiger partial charge in [-0.15, -0.1) is 30.6 Å². The monoisotopic (exact) mass is 560 g/mol. The van der Waals surface area contributed by atoms with Crippen molar-refractivity contribution in [3.63, 3.8) is 0 Å². The van der Waals surface area contributed by atoms with Crippen LogP contribution in [0.25, 0.3) is 0 Å². The van der Waals surface area contributed by atoms with Crippen LogP contribution in [0.4, 0.5) is 5.69 Å². The van der Waals surface area contributed by atoms with Gasteiger partial charge in [-0.05, 0) is 38.9 Å². The van der Waals surface area contributed by atoms with E-state index in [0.29, 0.717) is 12.6 Å². The summed E-state index contributed by atoms with van der Waals surface area (Å²) in [6, 6.07) is 6.65. The summed E-state index contributed by atoms with van der Waals surface area (Å²) in [4.78, 5) is 12.2. The van der Waals surface area contributed by atoms with Crippen molar-refractivity contribution in [2.45, 2.75) is 32.4 Å². The van der Waals surface area contributed by atoms with Gasteiger partial charge in [0, 0.05) is 74.7 Å². The first-order chi connectivity index (χ1) is 14.6. The van der Waals surface area contributed by atoms with Crippen molar-refractivity contribution in [2.24, 2.45) is 4.99 Å². The van der Waals surface area contributed by atoms with Crippen LogP contribution in [0, 0.1) is 0 Å². The summed E-state index contributed by atoms with van der Waals surface area (Å²) in [6.07, 6.45) is 4.23. The molecule has 0 aliphatic carbocycles. The molecule has 2 aliphatic rings. The highest BCUT2D eigenvalue weighted by molar-refractivity contribution is 14.0. The maximum Gasteiger partial charge on any atom is 0.191 e. The third-order valence-corrected chi connectivity index (χ3v) is 6.35. The number of anilines is 1. The number of hydrogen-bond acceptors (Lipinski definition) is 4. The van der Waals surface area contributed by atoms with Crippen LogP contribution >= 0.6 is 35.6 Å². The molecule has 0 bridgehead atoms. The van der Waals surface area contributed by atoms with Crippen LogP contribution in [-0.2, 0) is 6.54 Å². The Kier molecular flexibility index (Phi) is 11.4. The Hall–Kier alpha value is -1.03. The number of likely N-dealkylation sites (N-methyl/N-ethyl adjacent to an activating group) is 1. The Balaban J connectivity index is 0.00000341. The molecule has 0 unspecified atom stereocenters. The molecule has 2 aliphatic heterocycles. The van der Waals surface area contributed by atoms with E-state index in [4.69, 9.17) is 16.6 Å². The molecule has 0 radical (unpaired) electrons. The fourth-order valence-corrected chi connectivity index (χ4v) is 4.39. The molecule has 3 rings (SSSR count). The second-order valence-electron chi connectivity index (χ2n) is 8.23. The summed E-state index contributed by atoms with van der Waals surface area (Å²) in [5.74, 6) is 0.879. The quantitative estimate of drug-likeness (QED) is 0.232. The Morgan fingerprint density at radius 3 is 2.55 bits per heavy atom. The van der Waals surface area contributed by atoms with Crippen LogP contribution in [-0.4, -0.2) is 81.2 Å². The molecule has 0 aromatic heterocycles. The number of piperidine rings is 1. The lowest BCUT2D eigenvalue weighted by atomic mass is 10.1. The van der Waals surface area contributed by atoms with Crippen LogP contribution in [0.2, 0.25) is 5.02 Å². The van der Waals surface area contributed by atoms with E-state index in [1.54, 1.807) is 0 Å². The molecule has 8 heteroatoms. The average Bonchev–Trinajstić information content (AvgIpc) is 2.75. The van der Waals surface area contributed by atoms with Crippen LogP contribution in [0.15, 0.2) is 35.8 Å². The maximum atomic E-state index is 6.61. The fraction of sp³-hybridized carbons (Fsp3) is 0.609. The minimum atomic E-state index is 0. The first-order valence-corrected chi connectivity index (χ1v) is 11.6. The standard InChI is InChI=1S/C23H37ClN6.HI/c1-4-11-29-12-9-19(10-13-29)27-23(25-5-2)26-18-20-21(24)7-6-8-22(20)30-16-14-28(3)15-17-30;/h4,6-8,19H,1,5,9-18H2,2-3H3,(H2,25,26,27);1H. The molecule has 1 aromatic carbocycles. The highest BCUT2D eigenvalue weighted by Crippen LogP contribution is 2.29. The van der Waals surface area contributed by atoms with Crippen molar-refractivity contribution in [3.05, 3.63) is 41.4 Å². The average molecular weight is 561 g/mol. The number of benzene rings is 1. The van der Waals surface area contributed by atoms with E-state index in [0.717, 1.165) is 81.7 Å². The highest BCUT2D eigenvalue weighted by Gasteiger charge is 2.20. The zero-order chi connectivity index (χ0) is 21.3. The van der Waals surface area contributed by atoms with Gasteiger partial charge in [-0.3, -0.25) is 4.90 Å². The number of rotatable bonds is 7. The Bertz CT molecular complexity index is 712. The second-order valence-corrected chi connectivity index (χ2v) is 8.64. The number of halogens is 2. The van der Waals surface area contributed by atoms with Crippen LogP contribution in [0.3, 0.4) is 0 Å². The van der Waals surface area contributed by atoms with E-state index >= 15 is 0 Å². The fourth-order valence-electron chi connectivity index (χ4n) is 4.16. The molecule has 0 atom stereocenters. The Morgan fingerprint density at radius 1 is 1.19 bits per heavy atom. The van der Waals surface area contributed by atoms with Crippen molar-refractivity contribution in [2.75, 3.05) is 64.3 Å². The van der Waals surface area contributed by atoms with E-state index in [-0.39, 0.29) is 24.0 Å². The Morgan fingerprint density at radius 2 is 1.90 bits per heavy atom. The van der Waals surface area contributed by atoms with Crippen molar-refractivity contribution < 1.29 is 0 Å². The molecule has 2 N–H and O–H groups in total. The molecule has 2 saturated heterocycles. The van der Waals surface area contributed by atoms with Crippen LogP contribution in [0.5, 0.6) is 0 Å². The zero-order valence-corrected chi connectivity index (χ0v) is 22.0. The minimum Gasteiger partial charge on any atom is -0.369 e. The SMILES string of the molecule is C=CCN1CCC(NC(=NCc2c(Cl)cccc2N2CCN(C)CC2)NCC)CC1.I. The number of piperazine rings is 1. The van der Waals surface area contributed by atoms with E-state index < -0.39 is 0 Å². The van der Waals surface area contributed by atoms with Crippen LogP contribution < -0.4 is 15.5 Å². The lowest BCUT2D eigenvalue weighted by molar-refractivity contribution is 0.225. The molecule has 0 spiro atoms. The summed E-state index contributed by atoms with van der Waals surface area (Å²) in [5, 5.41) is 7.84. The predicted molar refractivity (Wildman–Crippen MR) is 144 cm³/mol. The van der Waals surface area contributed by atoms with Crippen LogP contribution in [0.1, 0.15) is 25.3 Å². The topological polar surface area (TPSA) is 46.1 Å². The van der Waals surface area contributed by atoms with E-state index in [2.05, 4.69) is 52.0 Å². The molecule has 6 nitrogen and oxygen atoms in total. The normalized spacial score (nSPS) is 19.1. The number of likely N-dealkylation sites (tertiary alicyclic amines) is 1. The molecule has 0 amide bonds. The van der Waals surface area contributed by atoms with Gasteiger partial charge in [-0.1, -0.05) is 23.7 Å². The van der Waals surface area contributed by atoms with Gasteiger partial charge >= 0.3 is 0 Å². The van der Waals surface area contributed by atoms with Crippen molar-refractivity contribution in [3.8, 4) is 0 Å². The number of hydrogen-bond donors (Lipinski definition) is 2. The van der Waals surface area contributed by atoms with Gasteiger partial charge < -0.3 is 20.4 Å². The summed E-state index contributed by atoms with van der Waals surface area (Å²) in [5.41, 5.74) is 2.33. The van der Waals surface area contributed by atoms with E-state index in [1.807, 2.05) is 18.2 Å². The molecular formula is C23H38ClIN6. The van der Waals surface area contributed by atoms with E-state index in [1.165, 1.54) is 5.69 Å². The van der Waals surface area contributed by atoms with Gasteiger partial charge in [-0.2, -0.15) is 0 Å². The lowest BCUT2D eigenvalue weighted by Crippen LogP contribution is -2.48. The van der Waals surface area contributed by atoms with E-state index in [9.17, 15) is 0 Å². The molecule has 2 fully saturated rings. The Labute approximate surface area is 210 Å². The third-order valence-electron chi connectivity index (χ3n) is 5.99. The molecule has 1 aromatic rings. The molecule has 2 heterocycles. The van der Waals surface area contributed by atoms with Crippen molar-refractivity contribution >= 4 is 47.2 Å². The number of guanidine groups is 1. The van der Waals surface area contributed by atoms with Crippen molar-refractivity contribution in [1.82, 2.24) is 20.4 Å². The number of aliphatic imine (C=N–C) groups is 1. The van der Waals surface area contributed by atoms with Gasteiger partial charge in [0.15, 0.2) is 5.96 Å². The number of nitrogens with zero attached hydrogens (tertiary/aromatic N) is 4. The number of nitrogens with one attached hydrogen (secondary N) is 2. The molecule has 0 saturated carbocycles. The lowest BCUT2D eigenvalue weighted by Gasteiger charge is -2.35. The van der Waals surface area contributed by atoms with Gasteiger partial charge in [0.25, 0.3) is 0 Å². The summed E-state index contributed by atoms with van der Waals surface area (Å²) < 4.78 is 0. The molecule has 31 heavy (non-hydrogen) atoms. The van der Waals surface area contributed by atoms with Gasteiger partial charge in [0.05, 0.1) is 6.54 Å². The minimum absolute atomic E-state index is 0. The second kappa shape index (κ2) is 13.5. The first-order valence-electron chi connectivity index (χ1n) is 11.2. The van der Waals surface area contributed by atoms with Gasteiger partial charge in [0.1, 0.15) is 0 Å². The summed E-state index contributed by atoms with van der Waals surface area (Å²) in [6.45, 7) is 14.7. The molecule has 174 valence electrons. The summed E-state index contributed by atoms with van der Waals surface area (Å²) >= 11 is 6.61. The first kappa shape index (κ1) is 26.2. The largest absolute Gasteiger partial charge is 0.369 e. The highest BCUT2D eigenvalue weighted by atomic mass is 127. The third kappa shape index (κ3) is 7.80.